The summed E-state index contributed by atoms with van der Waals surface area (Å²) < 4.78 is 41.8. The number of carbonyl (C=O) groups excluding carboxylic acids is 2. The van der Waals surface area contributed by atoms with E-state index >= 15 is 0 Å². The Hall–Kier alpha value is -3.35. The van der Waals surface area contributed by atoms with Gasteiger partial charge in [0, 0.05) is 23.5 Å². The zero-order valence-corrected chi connectivity index (χ0v) is 21.9. The largest absolute Gasteiger partial charge is 0.416 e. The third kappa shape index (κ3) is 4.81. The predicted molar refractivity (Wildman–Crippen MR) is 143 cm³/mol. The van der Waals surface area contributed by atoms with Crippen LogP contribution in [0.4, 0.5) is 13.2 Å². The number of hydrogen-bond donors (Lipinski definition) is 3. The normalized spacial score (nSPS) is 20.6. The lowest BCUT2D eigenvalue weighted by Gasteiger charge is -2.37. The molecule has 1 aromatic heterocycles. The number of amides is 2. The van der Waals surface area contributed by atoms with E-state index in [4.69, 9.17) is 11.6 Å². The number of aliphatic imine (C=N–C) groups is 1. The van der Waals surface area contributed by atoms with Gasteiger partial charge in [-0.2, -0.15) is 23.3 Å². The number of nitrogens with one attached hydrogen (secondary N) is 3. The molecule has 8 nitrogen and oxygen atoms in total. The first-order chi connectivity index (χ1) is 18.6. The minimum atomic E-state index is -4.62. The molecule has 0 bridgehead atoms. The van der Waals surface area contributed by atoms with E-state index in [2.05, 4.69) is 25.8 Å². The molecule has 2 amide bonds. The number of fused-ring (bicyclic) bond motifs is 1. The van der Waals surface area contributed by atoms with Crippen LogP contribution in [0.5, 0.6) is 0 Å². The van der Waals surface area contributed by atoms with E-state index in [1.807, 2.05) is 4.90 Å². The summed E-state index contributed by atoms with van der Waals surface area (Å²) in [6.07, 6.45) is -2.06. The van der Waals surface area contributed by atoms with E-state index in [0.29, 0.717) is 48.9 Å². The zero-order chi connectivity index (χ0) is 27.4. The standard InChI is InChI=1S/C26H22ClF3N6O2S/c27-17-3-1-15(19(11-17)26(28,29)30)10-18(14-2-4-20-16(9-14)12-33-35-20)21-22(37)34-24(39-21)36-7-5-25(6-8-36)23(38)31-13-32-25/h1-4,9,11-12,32H,5-8,10,13H2,(H,31,38)(H,33,35). The number of likely N-dealkylation sites (tertiary alicyclic amines) is 1. The Morgan fingerprint density at radius 1 is 1.13 bits per heavy atom. The van der Waals surface area contributed by atoms with Crippen molar-refractivity contribution < 1.29 is 22.8 Å². The van der Waals surface area contributed by atoms with Crippen molar-refractivity contribution in [3.63, 3.8) is 0 Å². The van der Waals surface area contributed by atoms with Crippen molar-refractivity contribution in [3.8, 4) is 0 Å². The van der Waals surface area contributed by atoms with Crippen LogP contribution in [0.3, 0.4) is 0 Å². The summed E-state index contributed by atoms with van der Waals surface area (Å²) in [6.45, 7) is 1.45. The number of H-pyrrole nitrogens is 1. The van der Waals surface area contributed by atoms with Crippen LogP contribution in [-0.4, -0.2) is 57.4 Å². The molecular formula is C26H22ClF3N6O2S. The van der Waals surface area contributed by atoms with Gasteiger partial charge in [0.1, 0.15) is 5.54 Å². The maximum Gasteiger partial charge on any atom is 0.416 e. The van der Waals surface area contributed by atoms with Crippen LogP contribution in [0, 0.1) is 0 Å². The van der Waals surface area contributed by atoms with Gasteiger partial charge in [-0.1, -0.05) is 23.7 Å². The highest BCUT2D eigenvalue weighted by molar-refractivity contribution is 8.18. The molecule has 13 heteroatoms. The number of piperidine rings is 1. The van der Waals surface area contributed by atoms with E-state index in [0.717, 1.165) is 28.7 Å². The Morgan fingerprint density at radius 2 is 1.92 bits per heavy atom. The van der Waals surface area contributed by atoms with Crippen molar-refractivity contribution in [2.24, 2.45) is 4.99 Å². The number of alkyl halides is 3. The molecule has 0 unspecified atom stereocenters. The molecule has 2 saturated heterocycles. The van der Waals surface area contributed by atoms with Gasteiger partial charge in [0.05, 0.1) is 28.9 Å². The lowest BCUT2D eigenvalue weighted by Crippen LogP contribution is -2.55. The van der Waals surface area contributed by atoms with E-state index in [1.54, 1.807) is 24.4 Å². The second-order valence-corrected chi connectivity index (χ2v) is 11.1. The lowest BCUT2D eigenvalue weighted by atomic mass is 9.88. The molecule has 1 spiro atoms. The van der Waals surface area contributed by atoms with Gasteiger partial charge >= 0.3 is 6.18 Å². The smallest absolute Gasteiger partial charge is 0.351 e. The predicted octanol–water partition coefficient (Wildman–Crippen LogP) is 4.33. The Morgan fingerprint density at radius 3 is 2.64 bits per heavy atom. The molecule has 3 aromatic rings. The fourth-order valence-corrected chi connectivity index (χ4v) is 6.49. The van der Waals surface area contributed by atoms with E-state index in [1.165, 1.54) is 12.1 Å². The second kappa shape index (κ2) is 9.68. The molecule has 2 fully saturated rings. The van der Waals surface area contributed by atoms with E-state index in [-0.39, 0.29) is 27.8 Å². The molecule has 4 heterocycles. The number of halogens is 4. The number of amidine groups is 1. The summed E-state index contributed by atoms with van der Waals surface area (Å²) in [5.41, 5.74) is 0.337. The van der Waals surface area contributed by atoms with Gasteiger partial charge in [0.25, 0.3) is 5.91 Å². The van der Waals surface area contributed by atoms with Crippen LogP contribution in [0.1, 0.15) is 29.5 Å². The van der Waals surface area contributed by atoms with Crippen LogP contribution in [0.25, 0.3) is 16.5 Å². The Kier molecular flexibility index (Phi) is 6.43. The molecule has 6 rings (SSSR count). The minimum Gasteiger partial charge on any atom is -0.351 e. The lowest BCUT2D eigenvalue weighted by molar-refractivity contribution is -0.138. The SMILES string of the molecule is O=C1N=C(N2CCC3(CC2)NCNC3=O)SC1=C(Cc1ccc(Cl)cc1C(F)(F)F)c1ccc2[nH]ncc2c1. The highest BCUT2D eigenvalue weighted by atomic mass is 35.5. The molecule has 0 atom stereocenters. The Balaban J connectivity index is 1.36. The number of rotatable bonds is 3. The van der Waals surface area contributed by atoms with Gasteiger partial charge in [0.2, 0.25) is 5.91 Å². The highest BCUT2D eigenvalue weighted by Crippen LogP contribution is 2.41. The molecule has 202 valence electrons. The summed E-state index contributed by atoms with van der Waals surface area (Å²) in [5.74, 6) is -0.531. The fourth-order valence-electron chi connectivity index (χ4n) is 5.25. The number of carbonyl (C=O) groups is 2. The van der Waals surface area contributed by atoms with Crippen LogP contribution >= 0.6 is 23.4 Å². The van der Waals surface area contributed by atoms with Crippen LogP contribution < -0.4 is 10.6 Å². The topological polar surface area (TPSA) is 102 Å². The number of nitrogens with zero attached hydrogens (tertiary/aromatic N) is 3. The van der Waals surface area contributed by atoms with E-state index in [9.17, 15) is 22.8 Å². The third-order valence-corrected chi connectivity index (χ3v) is 8.78. The van der Waals surface area contributed by atoms with Crippen molar-refractivity contribution in [1.29, 1.82) is 0 Å². The highest BCUT2D eigenvalue weighted by Gasteiger charge is 2.45. The number of allylic oxidation sites excluding steroid dienone is 1. The van der Waals surface area contributed by atoms with Gasteiger partial charge in [-0.3, -0.25) is 20.0 Å². The van der Waals surface area contributed by atoms with Gasteiger partial charge < -0.3 is 10.2 Å². The first kappa shape index (κ1) is 25.9. The van der Waals surface area contributed by atoms with Crippen LogP contribution in [0.2, 0.25) is 5.02 Å². The second-order valence-electron chi connectivity index (χ2n) is 9.69. The van der Waals surface area contributed by atoms with Crippen molar-refractivity contribution in [2.45, 2.75) is 31.0 Å². The summed E-state index contributed by atoms with van der Waals surface area (Å²) in [5, 5.41) is 14.1. The van der Waals surface area contributed by atoms with Crippen LogP contribution in [0.15, 0.2) is 52.5 Å². The van der Waals surface area contributed by atoms with Crippen molar-refractivity contribution in [3.05, 3.63) is 69.2 Å². The average molecular weight is 575 g/mol. The molecule has 39 heavy (non-hydrogen) atoms. The molecule has 0 aliphatic carbocycles. The molecule has 3 aliphatic heterocycles. The molecular weight excluding hydrogens is 553 g/mol. The number of thioether (sulfide) groups is 1. The molecule has 2 aromatic carbocycles. The number of aromatic amines is 1. The first-order valence-electron chi connectivity index (χ1n) is 12.2. The first-order valence-corrected chi connectivity index (χ1v) is 13.4. The van der Waals surface area contributed by atoms with Gasteiger partial charge in [-0.05, 0) is 72.0 Å². The minimum absolute atomic E-state index is 0.00164. The van der Waals surface area contributed by atoms with Gasteiger partial charge in [-0.15, -0.1) is 0 Å². The molecule has 0 radical (unpaired) electrons. The monoisotopic (exact) mass is 574 g/mol. The fraction of sp³-hybridized carbons (Fsp3) is 0.308. The average Bonchev–Trinajstić information content (AvgIpc) is 3.62. The summed E-state index contributed by atoms with van der Waals surface area (Å²) in [6, 6.07) is 8.99. The van der Waals surface area contributed by atoms with Crippen molar-refractivity contribution >= 4 is 56.8 Å². The number of hydrogen-bond acceptors (Lipinski definition) is 6. The number of aromatic nitrogens is 2. The molecule has 0 saturated carbocycles. The van der Waals surface area contributed by atoms with Gasteiger partial charge in [-0.25, -0.2) is 0 Å². The van der Waals surface area contributed by atoms with Crippen LogP contribution in [-0.2, 0) is 22.2 Å². The quantitative estimate of drug-likeness (QED) is 0.403. The Labute approximate surface area is 230 Å². The molecule has 3 aliphatic rings. The van der Waals surface area contributed by atoms with Crippen molar-refractivity contribution in [1.82, 2.24) is 25.7 Å². The summed E-state index contributed by atoms with van der Waals surface area (Å²) in [4.78, 5) is 32.1. The third-order valence-electron chi connectivity index (χ3n) is 7.39. The summed E-state index contributed by atoms with van der Waals surface area (Å²) in [7, 11) is 0. The zero-order valence-electron chi connectivity index (χ0n) is 20.4. The summed E-state index contributed by atoms with van der Waals surface area (Å²) >= 11 is 7.06. The maximum atomic E-state index is 13.9. The molecule has 3 N–H and O–H groups in total. The number of benzene rings is 2. The van der Waals surface area contributed by atoms with Crippen molar-refractivity contribution in [2.75, 3.05) is 19.8 Å². The van der Waals surface area contributed by atoms with Gasteiger partial charge in [0.15, 0.2) is 5.17 Å². The van der Waals surface area contributed by atoms with E-state index < -0.39 is 23.2 Å². The maximum absolute atomic E-state index is 13.9. The Bertz CT molecular complexity index is 1560.